The van der Waals surface area contributed by atoms with Gasteiger partial charge in [-0.2, -0.15) is 0 Å². The van der Waals surface area contributed by atoms with Gasteiger partial charge in [-0.05, 0) is 61.7 Å². The first-order valence-electron chi connectivity index (χ1n) is 12.0. The van der Waals surface area contributed by atoms with E-state index in [-0.39, 0.29) is 49.0 Å². The first-order valence-corrected chi connectivity index (χ1v) is 12.7. The van der Waals surface area contributed by atoms with Gasteiger partial charge >= 0.3 is 6.03 Å². The lowest BCUT2D eigenvalue weighted by molar-refractivity contribution is -0.133. The highest BCUT2D eigenvalue weighted by atomic mass is 35.5. The number of furan rings is 1. The number of carbonyl (C=O) groups excluding carboxylic acids is 2. The Hall–Kier alpha value is -3.07. The van der Waals surface area contributed by atoms with Crippen molar-refractivity contribution in [3.05, 3.63) is 87.5 Å². The average molecular weight is 548 g/mol. The predicted octanol–water partition coefficient (Wildman–Crippen LogP) is 6.28. The van der Waals surface area contributed by atoms with Crippen molar-refractivity contribution >= 4 is 40.8 Å². The van der Waals surface area contributed by atoms with Crippen LogP contribution in [-0.4, -0.2) is 47.5 Å². The second-order valence-corrected chi connectivity index (χ2v) is 9.72. The fourth-order valence-electron chi connectivity index (χ4n) is 4.11. The maximum absolute atomic E-state index is 13.6. The molecule has 1 fully saturated rings. The van der Waals surface area contributed by atoms with E-state index in [1.54, 1.807) is 41.3 Å². The Kier molecular flexibility index (Phi) is 9.08. The third-order valence-corrected chi connectivity index (χ3v) is 6.86. The molecule has 0 radical (unpaired) electrons. The van der Waals surface area contributed by atoms with E-state index in [0.29, 0.717) is 23.1 Å². The van der Waals surface area contributed by atoms with Gasteiger partial charge in [0.15, 0.2) is 0 Å². The maximum atomic E-state index is 13.6. The van der Waals surface area contributed by atoms with Crippen molar-refractivity contribution in [1.29, 1.82) is 0 Å². The Bertz CT molecular complexity index is 1230. The molecular formula is C27H28Cl2FN3O4. The number of anilines is 1. The standard InChI is InChI=1S/C27H28Cl2FN3O4/c1-18-7-12-22(37-18)16-32(14-19-8-10-20(30)11-9-19)25(34)17-33(15-21-4-3-13-36-21)27(35)31-24-6-2-5-23(28)26(24)29/h2,5-12,21H,3-4,13-17H2,1H3,(H,31,35). The molecule has 1 aliphatic rings. The van der Waals surface area contributed by atoms with Gasteiger partial charge in [0.1, 0.15) is 23.9 Å². The van der Waals surface area contributed by atoms with Crippen LogP contribution in [-0.2, 0) is 22.6 Å². The maximum Gasteiger partial charge on any atom is 0.322 e. The lowest BCUT2D eigenvalue weighted by atomic mass is 10.2. The molecule has 10 heteroatoms. The fourth-order valence-corrected chi connectivity index (χ4v) is 4.46. The van der Waals surface area contributed by atoms with Crippen LogP contribution in [0.15, 0.2) is 59.0 Å². The normalized spacial score (nSPS) is 15.0. The minimum Gasteiger partial charge on any atom is -0.464 e. The molecule has 37 heavy (non-hydrogen) atoms. The summed E-state index contributed by atoms with van der Waals surface area (Å²) in [6.45, 7) is 2.88. The van der Waals surface area contributed by atoms with E-state index in [1.807, 2.05) is 13.0 Å². The second kappa shape index (κ2) is 12.4. The van der Waals surface area contributed by atoms with Crippen LogP contribution in [0.1, 0.15) is 29.9 Å². The molecule has 1 aliphatic heterocycles. The van der Waals surface area contributed by atoms with Crippen molar-refractivity contribution < 1.29 is 23.1 Å². The topological polar surface area (TPSA) is 75.0 Å². The zero-order valence-corrected chi connectivity index (χ0v) is 21.9. The molecule has 7 nitrogen and oxygen atoms in total. The fraction of sp³-hybridized carbons (Fsp3) is 0.333. The van der Waals surface area contributed by atoms with Crippen molar-refractivity contribution in [2.24, 2.45) is 0 Å². The summed E-state index contributed by atoms with van der Waals surface area (Å²) in [7, 11) is 0. The molecule has 4 rings (SSSR count). The number of rotatable bonds is 9. The number of hydrogen-bond acceptors (Lipinski definition) is 4. The summed E-state index contributed by atoms with van der Waals surface area (Å²) in [6, 6.07) is 14.0. The van der Waals surface area contributed by atoms with E-state index in [4.69, 9.17) is 32.4 Å². The van der Waals surface area contributed by atoms with E-state index in [0.717, 1.165) is 24.2 Å². The number of nitrogens with one attached hydrogen (secondary N) is 1. The van der Waals surface area contributed by atoms with Crippen LogP contribution >= 0.6 is 23.2 Å². The molecule has 0 saturated carbocycles. The SMILES string of the molecule is Cc1ccc(CN(Cc2ccc(F)cc2)C(=O)CN(CC2CCCO2)C(=O)Nc2cccc(Cl)c2Cl)o1. The average Bonchev–Trinajstić information content (AvgIpc) is 3.54. The first-order chi connectivity index (χ1) is 17.8. The second-order valence-electron chi connectivity index (χ2n) is 8.94. The summed E-state index contributed by atoms with van der Waals surface area (Å²) in [6.07, 6.45) is 1.51. The van der Waals surface area contributed by atoms with E-state index >= 15 is 0 Å². The lowest BCUT2D eigenvalue weighted by Crippen LogP contribution is -2.46. The highest BCUT2D eigenvalue weighted by Crippen LogP contribution is 2.30. The third kappa shape index (κ3) is 7.47. The van der Waals surface area contributed by atoms with E-state index < -0.39 is 6.03 Å². The minimum absolute atomic E-state index is 0.174. The number of hydrogen-bond donors (Lipinski definition) is 1. The number of ether oxygens (including phenoxy) is 1. The van der Waals surface area contributed by atoms with Gasteiger partial charge in [0.25, 0.3) is 0 Å². The summed E-state index contributed by atoms with van der Waals surface area (Å²) < 4.78 is 24.9. The molecule has 3 amide bonds. The molecule has 3 aromatic rings. The Morgan fingerprint density at radius 2 is 1.84 bits per heavy atom. The van der Waals surface area contributed by atoms with Gasteiger partial charge in [0.2, 0.25) is 5.91 Å². The summed E-state index contributed by atoms with van der Waals surface area (Å²) in [5, 5.41) is 3.28. The first kappa shape index (κ1) is 27.0. The molecule has 0 spiro atoms. The van der Waals surface area contributed by atoms with Crippen LogP contribution in [0.25, 0.3) is 0 Å². The summed E-state index contributed by atoms with van der Waals surface area (Å²) in [4.78, 5) is 29.9. The number of halogens is 3. The molecule has 1 saturated heterocycles. The van der Waals surface area contributed by atoms with Gasteiger partial charge in [-0.15, -0.1) is 0 Å². The highest BCUT2D eigenvalue weighted by Gasteiger charge is 2.27. The van der Waals surface area contributed by atoms with Gasteiger partial charge in [-0.25, -0.2) is 9.18 Å². The summed E-state index contributed by atoms with van der Waals surface area (Å²) in [5.41, 5.74) is 1.09. The van der Waals surface area contributed by atoms with E-state index in [9.17, 15) is 14.0 Å². The minimum atomic E-state index is -0.497. The van der Waals surface area contributed by atoms with Crippen molar-refractivity contribution in [2.45, 2.75) is 39.0 Å². The van der Waals surface area contributed by atoms with Crippen molar-refractivity contribution in [3.8, 4) is 0 Å². The third-order valence-electron chi connectivity index (χ3n) is 6.04. The number of aryl methyl sites for hydroxylation is 1. The lowest BCUT2D eigenvalue weighted by Gasteiger charge is -2.29. The number of urea groups is 1. The summed E-state index contributed by atoms with van der Waals surface area (Å²) in [5.74, 6) is 0.668. The highest BCUT2D eigenvalue weighted by molar-refractivity contribution is 6.43. The Balaban J connectivity index is 1.54. The van der Waals surface area contributed by atoms with Gasteiger partial charge in [-0.3, -0.25) is 4.79 Å². The Labute approximate surface area is 225 Å². The number of amides is 3. The van der Waals surface area contributed by atoms with Crippen molar-refractivity contribution in [1.82, 2.24) is 9.80 Å². The smallest absolute Gasteiger partial charge is 0.322 e. The predicted molar refractivity (Wildman–Crippen MR) is 140 cm³/mol. The number of benzene rings is 2. The van der Waals surface area contributed by atoms with Crippen LogP contribution in [0, 0.1) is 12.7 Å². The molecule has 1 N–H and O–H groups in total. The zero-order valence-electron chi connectivity index (χ0n) is 20.4. The summed E-state index contributed by atoms with van der Waals surface area (Å²) >= 11 is 12.4. The molecule has 2 aromatic carbocycles. The molecule has 0 bridgehead atoms. The van der Waals surface area contributed by atoms with E-state index in [2.05, 4.69) is 5.32 Å². The molecule has 1 aromatic heterocycles. The van der Waals surface area contributed by atoms with Crippen molar-refractivity contribution in [2.75, 3.05) is 25.0 Å². The van der Waals surface area contributed by atoms with Gasteiger partial charge in [0.05, 0.1) is 28.4 Å². The monoisotopic (exact) mass is 547 g/mol. The van der Waals surface area contributed by atoms with Gasteiger partial charge in [0, 0.05) is 19.7 Å². The largest absolute Gasteiger partial charge is 0.464 e. The van der Waals surface area contributed by atoms with Crippen LogP contribution < -0.4 is 5.32 Å². The molecule has 196 valence electrons. The van der Waals surface area contributed by atoms with Gasteiger partial charge in [-0.1, -0.05) is 41.4 Å². The van der Waals surface area contributed by atoms with Crippen LogP contribution in [0.2, 0.25) is 10.0 Å². The molecule has 0 aliphatic carbocycles. The molecular weight excluding hydrogens is 520 g/mol. The van der Waals surface area contributed by atoms with Crippen LogP contribution in [0.4, 0.5) is 14.9 Å². The van der Waals surface area contributed by atoms with Gasteiger partial charge < -0.3 is 24.3 Å². The number of nitrogens with zero attached hydrogens (tertiary/aromatic N) is 2. The number of carbonyl (C=O) groups is 2. The molecule has 2 heterocycles. The molecule has 1 atom stereocenters. The van der Waals surface area contributed by atoms with Crippen LogP contribution in [0.3, 0.4) is 0 Å². The zero-order chi connectivity index (χ0) is 26.4. The molecule has 1 unspecified atom stereocenters. The van der Waals surface area contributed by atoms with Crippen molar-refractivity contribution in [3.63, 3.8) is 0 Å². The van der Waals surface area contributed by atoms with Crippen LogP contribution in [0.5, 0.6) is 0 Å². The Morgan fingerprint density at radius 1 is 1.05 bits per heavy atom. The van der Waals surface area contributed by atoms with E-state index in [1.165, 1.54) is 17.0 Å². The quantitative estimate of drug-likeness (QED) is 0.342. The Morgan fingerprint density at radius 3 is 2.51 bits per heavy atom.